The molecule has 1 aromatic heterocycles. The molecule has 0 spiro atoms. The van der Waals surface area contributed by atoms with Gasteiger partial charge in [-0.2, -0.15) is 0 Å². The van der Waals surface area contributed by atoms with Gasteiger partial charge < -0.3 is 14.8 Å². The number of aliphatic hydroxyl groups excluding tert-OH is 1. The lowest BCUT2D eigenvalue weighted by Crippen LogP contribution is -2.35. The molecule has 1 aliphatic heterocycles. The summed E-state index contributed by atoms with van der Waals surface area (Å²) in [4.78, 5) is 14.1. The molecule has 1 aliphatic rings. The summed E-state index contributed by atoms with van der Waals surface area (Å²) >= 11 is 0. The van der Waals surface area contributed by atoms with Crippen LogP contribution in [0.25, 0.3) is 0 Å². The van der Waals surface area contributed by atoms with Crippen LogP contribution in [-0.4, -0.2) is 38.9 Å². The Labute approximate surface area is 125 Å². The van der Waals surface area contributed by atoms with Crippen LogP contribution in [-0.2, 0) is 13.1 Å². The monoisotopic (exact) mass is 294 g/mol. The second-order valence-electron chi connectivity index (χ2n) is 6.39. The number of hydrogen-bond donors (Lipinski definition) is 2. The molecule has 0 aromatic carbocycles. The van der Waals surface area contributed by atoms with Gasteiger partial charge in [0.25, 0.3) is 0 Å². The molecule has 0 bridgehead atoms. The zero-order chi connectivity index (χ0) is 15.6. The minimum atomic E-state index is -0.523. The molecule has 21 heavy (non-hydrogen) atoms. The summed E-state index contributed by atoms with van der Waals surface area (Å²) in [7, 11) is 0. The smallest absolute Gasteiger partial charge is 0.223 e. The van der Waals surface area contributed by atoms with Gasteiger partial charge in [-0.15, -0.1) is 0 Å². The number of nitrogens with zero attached hydrogens (tertiary/aromatic N) is 2. The zero-order valence-electron chi connectivity index (χ0n) is 13.2. The molecule has 2 rings (SSSR count). The maximum atomic E-state index is 11.9. The third-order valence-electron chi connectivity index (χ3n) is 4.16. The first kappa shape index (κ1) is 16.0. The van der Waals surface area contributed by atoms with Crippen molar-refractivity contribution in [3.05, 3.63) is 27.7 Å². The van der Waals surface area contributed by atoms with Gasteiger partial charge in [-0.1, -0.05) is 6.92 Å². The molecule has 0 saturated carbocycles. The summed E-state index contributed by atoms with van der Waals surface area (Å²) < 4.78 is 1.86. The number of rotatable bonds is 4. The first-order valence-corrected chi connectivity index (χ1v) is 7.71. The van der Waals surface area contributed by atoms with E-state index in [4.69, 9.17) is 0 Å². The van der Waals surface area contributed by atoms with Crippen molar-refractivity contribution in [2.45, 2.75) is 52.8 Å². The third kappa shape index (κ3) is 3.86. The lowest BCUT2D eigenvalue weighted by Gasteiger charge is -2.32. The van der Waals surface area contributed by atoms with Crippen molar-refractivity contribution in [3.63, 3.8) is 0 Å². The molecule has 2 unspecified atom stereocenters. The summed E-state index contributed by atoms with van der Waals surface area (Å²) in [6.45, 7) is 8.69. The van der Waals surface area contributed by atoms with Gasteiger partial charge >= 0.3 is 0 Å². The normalized spacial score (nSPS) is 21.4. The quantitative estimate of drug-likeness (QED) is 0.882. The van der Waals surface area contributed by atoms with Gasteiger partial charge in [-0.05, 0) is 39.2 Å². The second kappa shape index (κ2) is 6.62. The fraction of sp³-hybridized carbons (Fsp3) is 0.688. The Bertz CT molecular complexity index is 551. The summed E-state index contributed by atoms with van der Waals surface area (Å²) in [6.07, 6.45) is 1.86. The Morgan fingerprint density at radius 3 is 2.81 bits per heavy atom. The van der Waals surface area contributed by atoms with Gasteiger partial charge in [0.15, 0.2) is 5.75 Å². The number of pyridine rings is 1. The van der Waals surface area contributed by atoms with E-state index in [2.05, 4.69) is 11.8 Å². The van der Waals surface area contributed by atoms with Crippen LogP contribution in [0.4, 0.5) is 0 Å². The van der Waals surface area contributed by atoms with Crippen LogP contribution in [0.1, 0.15) is 38.1 Å². The van der Waals surface area contributed by atoms with E-state index < -0.39 is 6.10 Å². The number of piperidine rings is 1. The Kier molecular flexibility index (Phi) is 5.06. The van der Waals surface area contributed by atoms with Crippen LogP contribution in [0.15, 0.2) is 10.9 Å². The molecule has 1 saturated heterocycles. The minimum Gasteiger partial charge on any atom is -0.503 e. The summed E-state index contributed by atoms with van der Waals surface area (Å²) in [6, 6.07) is 1.43. The number of aromatic hydroxyl groups is 1. The summed E-state index contributed by atoms with van der Waals surface area (Å²) in [5.74, 6) is 0.460. The number of aryl methyl sites for hydroxylation is 1. The van der Waals surface area contributed by atoms with Crippen molar-refractivity contribution in [1.29, 1.82) is 0 Å². The molecule has 0 aliphatic carbocycles. The number of hydrogen-bond acceptors (Lipinski definition) is 4. The van der Waals surface area contributed by atoms with E-state index in [0.717, 1.165) is 25.2 Å². The predicted octanol–water partition coefficient (Wildman–Crippen LogP) is 1.48. The lowest BCUT2D eigenvalue weighted by molar-refractivity contribution is 0.155. The Hall–Kier alpha value is -1.33. The van der Waals surface area contributed by atoms with Crippen molar-refractivity contribution >= 4 is 0 Å². The fourth-order valence-electron chi connectivity index (χ4n) is 3.14. The van der Waals surface area contributed by atoms with Gasteiger partial charge in [0, 0.05) is 31.4 Å². The summed E-state index contributed by atoms with van der Waals surface area (Å²) in [5, 5.41) is 19.8. The van der Waals surface area contributed by atoms with Crippen molar-refractivity contribution in [2.75, 3.05) is 13.1 Å². The average molecular weight is 294 g/mol. The van der Waals surface area contributed by atoms with Crippen molar-refractivity contribution in [1.82, 2.24) is 9.47 Å². The van der Waals surface area contributed by atoms with Gasteiger partial charge in [0.1, 0.15) is 0 Å². The van der Waals surface area contributed by atoms with Crippen molar-refractivity contribution in [3.8, 4) is 5.75 Å². The Morgan fingerprint density at radius 2 is 2.19 bits per heavy atom. The molecule has 2 atom stereocenters. The topological polar surface area (TPSA) is 65.7 Å². The lowest BCUT2D eigenvalue weighted by atomic mass is 10.00. The molecule has 2 N–H and O–H groups in total. The number of aromatic nitrogens is 1. The van der Waals surface area contributed by atoms with Gasteiger partial charge in [-0.25, -0.2) is 0 Å². The molecule has 1 fully saturated rings. The van der Waals surface area contributed by atoms with E-state index >= 15 is 0 Å². The van der Waals surface area contributed by atoms with Gasteiger partial charge in [0.05, 0.1) is 11.8 Å². The average Bonchev–Trinajstić information content (AvgIpc) is 2.40. The molecule has 1 aromatic rings. The van der Waals surface area contributed by atoms with Crippen LogP contribution in [0.2, 0.25) is 0 Å². The van der Waals surface area contributed by atoms with Crippen LogP contribution in [0.5, 0.6) is 5.75 Å². The van der Waals surface area contributed by atoms with E-state index in [0.29, 0.717) is 24.7 Å². The predicted molar refractivity (Wildman–Crippen MR) is 82.5 cm³/mol. The molecule has 5 nitrogen and oxygen atoms in total. The standard InChI is InChI=1S/C16H26N2O3/c1-11-5-4-6-17(8-11)10-14-16(21)15(20)7-12(2)18(14)9-13(3)19/h7,11,13,19,21H,4-6,8-10H2,1-3H3. The highest BCUT2D eigenvalue weighted by atomic mass is 16.3. The van der Waals surface area contributed by atoms with Crippen molar-refractivity contribution in [2.24, 2.45) is 5.92 Å². The summed E-state index contributed by atoms with van der Waals surface area (Å²) in [5.41, 5.74) is 1.06. The SMILES string of the molecule is Cc1cc(=O)c(O)c(CN2CCCC(C)C2)n1CC(C)O. The number of aliphatic hydroxyl groups is 1. The van der Waals surface area contributed by atoms with Gasteiger partial charge in [0.2, 0.25) is 5.43 Å². The first-order valence-electron chi connectivity index (χ1n) is 7.71. The molecular formula is C16H26N2O3. The van der Waals surface area contributed by atoms with E-state index in [1.54, 1.807) is 6.92 Å². The van der Waals surface area contributed by atoms with Crippen LogP contribution in [0.3, 0.4) is 0 Å². The zero-order valence-corrected chi connectivity index (χ0v) is 13.2. The number of likely N-dealkylation sites (tertiary alicyclic amines) is 1. The van der Waals surface area contributed by atoms with E-state index in [1.807, 2.05) is 11.5 Å². The molecule has 118 valence electrons. The third-order valence-corrected chi connectivity index (χ3v) is 4.16. The van der Waals surface area contributed by atoms with Crippen LogP contribution < -0.4 is 5.43 Å². The van der Waals surface area contributed by atoms with Crippen molar-refractivity contribution < 1.29 is 10.2 Å². The highest BCUT2D eigenvalue weighted by Gasteiger charge is 2.21. The molecule has 0 amide bonds. The Morgan fingerprint density at radius 1 is 1.48 bits per heavy atom. The highest BCUT2D eigenvalue weighted by Crippen LogP contribution is 2.22. The van der Waals surface area contributed by atoms with E-state index in [9.17, 15) is 15.0 Å². The minimum absolute atomic E-state index is 0.181. The molecular weight excluding hydrogens is 268 g/mol. The molecule has 0 radical (unpaired) electrons. The second-order valence-corrected chi connectivity index (χ2v) is 6.39. The molecule has 2 heterocycles. The van der Waals surface area contributed by atoms with Gasteiger partial charge in [-0.3, -0.25) is 9.69 Å². The molecule has 5 heteroatoms. The Balaban J connectivity index is 2.33. The largest absolute Gasteiger partial charge is 0.503 e. The van der Waals surface area contributed by atoms with Crippen LogP contribution in [0, 0.1) is 12.8 Å². The maximum absolute atomic E-state index is 11.9. The fourth-order valence-corrected chi connectivity index (χ4v) is 3.14. The maximum Gasteiger partial charge on any atom is 0.223 e. The first-order chi connectivity index (χ1) is 9.88. The van der Waals surface area contributed by atoms with E-state index in [1.165, 1.54) is 12.5 Å². The highest BCUT2D eigenvalue weighted by molar-refractivity contribution is 5.30. The van der Waals surface area contributed by atoms with E-state index in [-0.39, 0.29) is 11.2 Å². The van der Waals surface area contributed by atoms with Crippen LogP contribution >= 0.6 is 0 Å².